The number of hydrogen-bond donors (Lipinski definition) is 1. The highest BCUT2D eigenvalue weighted by Gasteiger charge is 2.42. The third-order valence-electron chi connectivity index (χ3n) is 3.99. The number of nitrogens with zero attached hydrogens (tertiary/aromatic N) is 1. The molecule has 0 aliphatic heterocycles. The van der Waals surface area contributed by atoms with Crippen LogP contribution in [0.4, 0.5) is 10.1 Å². The van der Waals surface area contributed by atoms with Crippen LogP contribution in [0.5, 0.6) is 0 Å². The largest absolute Gasteiger partial charge is 0.466 e. The van der Waals surface area contributed by atoms with E-state index in [-0.39, 0.29) is 11.5 Å². The van der Waals surface area contributed by atoms with Crippen molar-refractivity contribution in [2.24, 2.45) is 5.41 Å². The molecular formula is C16H19FN2O2. The zero-order valence-corrected chi connectivity index (χ0v) is 12.1. The minimum Gasteiger partial charge on any atom is -0.466 e. The van der Waals surface area contributed by atoms with Gasteiger partial charge >= 0.3 is 5.97 Å². The second kappa shape index (κ2) is 6.57. The minimum absolute atomic E-state index is 0.185. The Morgan fingerprint density at radius 1 is 1.48 bits per heavy atom. The number of ether oxygens (including phenoxy) is 1. The van der Waals surface area contributed by atoms with E-state index in [0.29, 0.717) is 18.8 Å². The van der Waals surface area contributed by atoms with Crippen molar-refractivity contribution in [1.29, 1.82) is 5.26 Å². The monoisotopic (exact) mass is 290 g/mol. The van der Waals surface area contributed by atoms with Crippen LogP contribution >= 0.6 is 0 Å². The summed E-state index contributed by atoms with van der Waals surface area (Å²) in [6.45, 7) is 2.56. The van der Waals surface area contributed by atoms with Gasteiger partial charge in [-0.2, -0.15) is 5.26 Å². The second-order valence-electron chi connectivity index (χ2n) is 5.36. The van der Waals surface area contributed by atoms with Crippen LogP contribution in [0.15, 0.2) is 18.2 Å². The molecule has 0 bridgehead atoms. The van der Waals surface area contributed by atoms with Gasteiger partial charge < -0.3 is 10.1 Å². The molecule has 1 aromatic rings. The number of carbonyl (C=O) groups excluding carboxylic acids is 1. The molecule has 1 fully saturated rings. The molecule has 1 N–H and O–H groups in total. The average Bonchev–Trinajstić information content (AvgIpc) is 2.96. The summed E-state index contributed by atoms with van der Waals surface area (Å²) in [5.41, 5.74) is 0.262. The first-order valence-corrected chi connectivity index (χ1v) is 7.22. The van der Waals surface area contributed by atoms with Gasteiger partial charge in [0.2, 0.25) is 0 Å². The molecule has 0 heterocycles. The fourth-order valence-corrected chi connectivity index (χ4v) is 2.82. The lowest BCUT2D eigenvalue weighted by molar-refractivity contribution is -0.154. The van der Waals surface area contributed by atoms with Crippen molar-refractivity contribution in [1.82, 2.24) is 0 Å². The van der Waals surface area contributed by atoms with Gasteiger partial charge in [0, 0.05) is 6.54 Å². The van der Waals surface area contributed by atoms with Crippen LogP contribution in [-0.4, -0.2) is 19.1 Å². The van der Waals surface area contributed by atoms with Crippen LogP contribution in [0.1, 0.15) is 38.2 Å². The van der Waals surface area contributed by atoms with Crippen LogP contribution in [-0.2, 0) is 9.53 Å². The number of anilines is 1. The van der Waals surface area contributed by atoms with E-state index in [1.807, 2.05) is 6.07 Å². The van der Waals surface area contributed by atoms with Crippen molar-refractivity contribution in [2.75, 3.05) is 18.5 Å². The summed E-state index contributed by atoms with van der Waals surface area (Å²) in [6, 6.07) is 5.98. The fraction of sp³-hybridized carbons (Fsp3) is 0.500. The highest BCUT2D eigenvalue weighted by molar-refractivity contribution is 5.78. The summed E-state index contributed by atoms with van der Waals surface area (Å²) < 4.78 is 18.3. The van der Waals surface area contributed by atoms with Crippen molar-refractivity contribution in [2.45, 2.75) is 32.6 Å². The molecule has 21 heavy (non-hydrogen) atoms. The van der Waals surface area contributed by atoms with Gasteiger partial charge in [-0.1, -0.05) is 12.8 Å². The molecule has 5 heteroatoms. The Labute approximate surface area is 123 Å². The quantitative estimate of drug-likeness (QED) is 0.846. The Morgan fingerprint density at radius 2 is 2.19 bits per heavy atom. The van der Waals surface area contributed by atoms with E-state index >= 15 is 0 Å². The first-order valence-electron chi connectivity index (χ1n) is 7.22. The third-order valence-corrected chi connectivity index (χ3v) is 3.99. The molecule has 0 atom stereocenters. The summed E-state index contributed by atoms with van der Waals surface area (Å²) in [5, 5.41) is 12.2. The zero-order valence-electron chi connectivity index (χ0n) is 12.1. The normalized spacial score (nSPS) is 16.2. The first-order chi connectivity index (χ1) is 10.1. The van der Waals surface area contributed by atoms with Gasteiger partial charge in [0.1, 0.15) is 11.9 Å². The first kappa shape index (κ1) is 15.3. The molecule has 1 aromatic carbocycles. The third kappa shape index (κ3) is 3.33. The molecule has 0 amide bonds. The van der Waals surface area contributed by atoms with Gasteiger partial charge in [-0.25, -0.2) is 4.39 Å². The molecular weight excluding hydrogens is 271 g/mol. The minimum atomic E-state index is -0.531. The fourth-order valence-electron chi connectivity index (χ4n) is 2.82. The number of halogens is 1. The number of benzene rings is 1. The van der Waals surface area contributed by atoms with Crippen LogP contribution < -0.4 is 5.32 Å². The maximum Gasteiger partial charge on any atom is 0.313 e. The molecule has 112 valence electrons. The molecule has 0 saturated heterocycles. The van der Waals surface area contributed by atoms with E-state index in [4.69, 9.17) is 10.00 Å². The highest BCUT2D eigenvalue weighted by atomic mass is 19.1. The Balaban J connectivity index is 2.13. The van der Waals surface area contributed by atoms with Crippen molar-refractivity contribution in [3.8, 4) is 6.07 Å². The van der Waals surface area contributed by atoms with Crippen LogP contribution in [0.3, 0.4) is 0 Å². The Bertz CT molecular complexity index is 560. The van der Waals surface area contributed by atoms with Gasteiger partial charge in [0.25, 0.3) is 0 Å². The molecule has 2 rings (SSSR count). The summed E-state index contributed by atoms with van der Waals surface area (Å²) >= 11 is 0. The van der Waals surface area contributed by atoms with Crippen molar-refractivity contribution < 1.29 is 13.9 Å². The van der Waals surface area contributed by atoms with Gasteiger partial charge in [0.15, 0.2) is 0 Å². The van der Waals surface area contributed by atoms with Gasteiger partial charge in [0.05, 0.1) is 23.3 Å². The van der Waals surface area contributed by atoms with E-state index in [1.165, 1.54) is 18.2 Å². The van der Waals surface area contributed by atoms with Gasteiger partial charge in [-0.15, -0.1) is 0 Å². The van der Waals surface area contributed by atoms with Crippen molar-refractivity contribution in [3.63, 3.8) is 0 Å². The molecule has 0 aromatic heterocycles. The number of esters is 1. The topological polar surface area (TPSA) is 62.1 Å². The van der Waals surface area contributed by atoms with Crippen LogP contribution in [0, 0.1) is 22.6 Å². The van der Waals surface area contributed by atoms with E-state index in [0.717, 1.165) is 25.7 Å². The number of nitriles is 1. The number of rotatable bonds is 5. The number of carbonyl (C=O) groups is 1. The summed E-state index contributed by atoms with van der Waals surface area (Å²) in [6.07, 6.45) is 3.55. The predicted octanol–water partition coefficient (Wildman–Crippen LogP) is 3.23. The lowest BCUT2D eigenvalue weighted by Crippen LogP contribution is -2.37. The SMILES string of the molecule is CCOC(=O)C1(CNc2ccc(F)cc2C#N)CCCC1. The maximum atomic E-state index is 13.1. The Hall–Kier alpha value is -2.09. The summed E-state index contributed by atoms with van der Waals surface area (Å²) in [5.74, 6) is -0.631. The molecule has 0 radical (unpaired) electrons. The molecule has 1 aliphatic rings. The molecule has 4 nitrogen and oxygen atoms in total. The zero-order chi connectivity index (χ0) is 15.3. The lowest BCUT2D eigenvalue weighted by Gasteiger charge is -2.27. The van der Waals surface area contributed by atoms with Gasteiger partial charge in [-0.3, -0.25) is 4.79 Å². The van der Waals surface area contributed by atoms with E-state index < -0.39 is 11.2 Å². The predicted molar refractivity (Wildman–Crippen MR) is 77.1 cm³/mol. The maximum absolute atomic E-state index is 13.1. The smallest absolute Gasteiger partial charge is 0.313 e. The number of nitrogens with one attached hydrogen (secondary N) is 1. The van der Waals surface area contributed by atoms with Gasteiger partial charge in [-0.05, 0) is 38.0 Å². The lowest BCUT2D eigenvalue weighted by atomic mass is 9.86. The Morgan fingerprint density at radius 3 is 2.81 bits per heavy atom. The van der Waals surface area contributed by atoms with Crippen molar-refractivity contribution in [3.05, 3.63) is 29.6 Å². The molecule has 0 spiro atoms. The summed E-state index contributed by atoms with van der Waals surface area (Å²) in [7, 11) is 0. The molecule has 0 unspecified atom stereocenters. The summed E-state index contributed by atoms with van der Waals surface area (Å²) in [4.78, 5) is 12.2. The van der Waals surface area contributed by atoms with E-state index in [9.17, 15) is 9.18 Å². The van der Waals surface area contributed by atoms with Crippen LogP contribution in [0.2, 0.25) is 0 Å². The van der Waals surface area contributed by atoms with E-state index in [2.05, 4.69) is 5.32 Å². The Kier molecular flexibility index (Phi) is 4.79. The van der Waals surface area contributed by atoms with E-state index in [1.54, 1.807) is 6.92 Å². The second-order valence-corrected chi connectivity index (χ2v) is 5.36. The number of hydrogen-bond acceptors (Lipinski definition) is 4. The highest BCUT2D eigenvalue weighted by Crippen LogP contribution is 2.39. The average molecular weight is 290 g/mol. The van der Waals surface area contributed by atoms with Crippen molar-refractivity contribution >= 4 is 11.7 Å². The molecule has 1 aliphatic carbocycles. The van der Waals surface area contributed by atoms with Crippen LogP contribution in [0.25, 0.3) is 0 Å². The molecule has 1 saturated carbocycles. The standard InChI is InChI=1S/C16H19FN2O2/c1-2-21-15(20)16(7-3-4-8-16)11-19-14-6-5-13(17)9-12(14)10-18/h5-6,9,19H,2-4,7-8,11H2,1H3.